The normalized spacial score (nSPS) is 10.4. The van der Waals surface area contributed by atoms with Gasteiger partial charge in [0.1, 0.15) is 5.15 Å². The first-order valence-corrected chi connectivity index (χ1v) is 6.84. The SMILES string of the molecule is COC(=O)c1ccnc(Cl)c1-c1cc(Cl)c(Cl)cc1Cl. The molecule has 0 aliphatic rings. The minimum atomic E-state index is -0.550. The third-order valence-corrected chi connectivity index (χ3v) is 3.91. The number of halogens is 4. The molecule has 0 amide bonds. The maximum Gasteiger partial charge on any atom is 0.338 e. The lowest BCUT2D eigenvalue weighted by Gasteiger charge is -2.12. The van der Waals surface area contributed by atoms with Crippen LogP contribution in [0.15, 0.2) is 24.4 Å². The van der Waals surface area contributed by atoms with E-state index in [4.69, 9.17) is 51.1 Å². The highest BCUT2D eigenvalue weighted by Gasteiger charge is 2.20. The summed E-state index contributed by atoms with van der Waals surface area (Å²) in [5, 5.41) is 1.02. The summed E-state index contributed by atoms with van der Waals surface area (Å²) in [5.74, 6) is -0.550. The van der Waals surface area contributed by atoms with E-state index in [0.29, 0.717) is 26.2 Å². The smallest absolute Gasteiger partial charge is 0.338 e. The molecule has 0 saturated heterocycles. The molecule has 2 rings (SSSR count). The zero-order valence-electron chi connectivity index (χ0n) is 10.1. The first kappa shape index (κ1) is 15.4. The fraction of sp³-hybridized carbons (Fsp3) is 0.0769. The summed E-state index contributed by atoms with van der Waals surface area (Å²) in [4.78, 5) is 15.8. The number of hydrogen-bond acceptors (Lipinski definition) is 3. The van der Waals surface area contributed by atoms with Gasteiger partial charge < -0.3 is 4.74 Å². The molecule has 0 spiro atoms. The monoisotopic (exact) mass is 349 g/mol. The van der Waals surface area contributed by atoms with E-state index in [0.717, 1.165) is 0 Å². The van der Waals surface area contributed by atoms with Crippen LogP contribution in [-0.4, -0.2) is 18.1 Å². The Morgan fingerprint density at radius 1 is 1.10 bits per heavy atom. The number of rotatable bonds is 2. The number of methoxy groups -OCH3 is 1. The highest BCUT2D eigenvalue weighted by molar-refractivity contribution is 6.44. The summed E-state index contributed by atoms with van der Waals surface area (Å²) in [6.45, 7) is 0. The summed E-state index contributed by atoms with van der Waals surface area (Å²) in [6.07, 6.45) is 1.41. The molecule has 0 bridgehead atoms. The number of nitrogens with zero attached hydrogens (tertiary/aromatic N) is 1. The van der Waals surface area contributed by atoms with Crippen molar-refractivity contribution in [1.29, 1.82) is 0 Å². The summed E-state index contributed by atoms with van der Waals surface area (Å²) in [7, 11) is 1.27. The summed E-state index contributed by atoms with van der Waals surface area (Å²) in [6, 6.07) is 4.50. The second-order valence-corrected chi connectivity index (χ2v) is 5.34. The molecule has 0 radical (unpaired) electrons. The second kappa shape index (κ2) is 6.19. The Hall–Kier alpha value is -1.000. The maximum absolute atomic E-state index is 11.8. The van der Waals surface area contributed by atoms with Gasteiger partial charge in [0, 0.05) is 17.3 Å². The van der Waals surface area contributed by atoms with Crippen LogP contribution in [0, 0.1) is 0 Å². The molecule has 0 N–H and O–H groups in total. The van der Waals surface area contributed by atoms with Crippen molar-refractivity contribution in [3.8, 4) is 11.1 Å². The predicted molar refractivity (Wildman–Crippen MR) is 81.1 cm³/mol. The standard InChI is InChI=1S/C13H7Cl4NO2/c1-20-13(19)6-2-3-18-12(17)11(6)7-4-9(15)10(16)5-8(7)14/h2-5H,1H3. The van der Waals surface area contributed by atoms with Gasteiger partial charge in [-0.1, -0.05) is 46.4 Å². The molecule has 1 heterocycles. The van der Waals surface area contributed by atoms with E-state index in [1.807, 2.05) is 0 Å². The molecule has 0 saturated carbocycles. The fourth-order valence-electron chi connectivity index (χ4n) is 1.69. The highest BCUT2D eigenvalue weighted by atomic mass is 35.5. The van der Waals surface area contributed by atoms with Gasteiger partial charge in [-0.25, -0.2) is 9.78 Å². The lowest BCUT2D eigenvalue weighted by atomic mass is 10.0. The van der Waals surface area contributed by atoms with Crippen molar-refractivity contribution in [2.24, 2.45) is 0 Å². The fourth-order valence-corrected chi connectivity index (χ4v) is 2.59. The Labute approximate surface area is 135 Å². The molecule has 1 aromatic heterocycles. The zero-order chi connectivity index (χ0) is 14.9. The van der Waals surface area contributed by atoms with Crippen LogP contribution < -0.4 is 0 Å². The van der Waals surface area contributed by atoms with Crippen LogP contribution in [-0.2, 0) is 4.74 Å². The average Bonchev–Trinajstić information content (AvgIpc) is 2.42. The first-order chi connectivity index (χ1) is 9.45. The Kier molecular flexibility index (Phi) is 4.76. The Bertz CT molecular complexity index is 688. The number of esters is 1. The van der Waals surface area contributed by atoms with Crippen LogP contribution in [0.2, 0.25) is 20.2 Å². The van der Waals surface area contributed by atoms with E-state index in [2.05, 4.69) is 4.98 Å². The highest BCUT2D eigenvalue weighted by Crippen LogP contribution is 2.39. The van der Waals surface area contributed by atoms with Crippen LogP contribution in [0.4, 0.5) is 0 Å². The van der Waals surface area contributed by atoms with Gasteiger partial charge in [0.25, 0.3) is 0 Å². The first-order valence-electron chi connectivity index (χ1n) is 5.33. The summed E-state index contributed by atoms with van der Waals surface area (Å²) >= 11 is 24.1. The predicted octanol–water partition coefficient (Wildman–Crippen LogP) is 5.15. The van der Waals surface area contributed by atoms with Crippen LogP contribution in [0.3, 0.4) is 0 Å². The molecule has 0 aliphatic carbocycles. The van der Waals surface area contributed by atoms with Crippen molar-refractivity contribution in [3.63, 3.8) is 0 Å². The van der Waals surface area contributed by atoms with Gasteiger partial charge in [0.05, 0.1) is 27.7 Å². The van der Waals surface area contributed by atoms with E-state index in [1.165, 1.54) is 31.5 Å². The van der Waals surface area contributed by atoms with E-state index >= 15 is 0 Å². The van der Waals surface area contributed by atoms with Gasteiger partial charge in [0.2, 0.25) is 0 Å². The second-order valence-electron chi connectivity index (χ2n) is 3.76. The number of hydrogen-bond donors (Lipinski definition) is 0. The van der Waals surface area contributed by atoms with Gasteiger partial charge in [-0.3, -0.25) is 0 Å². The molecule has 3 nitrogen and oxygen atoms in total. The van der Waals surface area contributed by atoms with Crippen molar-refractivity contribution in [1.82, 2.24) is 4.98 Å². The van der Waals surface area contributed by atoms with Crippen molar-refractivity contribution < 1.29 is 9.53 Å². The van der Waals surface area contributed by atoms with Crippen molar-refractivity contribution in [2.45, 2.75) is 0 Å². The molecule has 2 aromatic rings. The van der Waals surface area contributed by atoms with Gasteiger partial charge in [-0.15, -0.1) is 0 Å². The zero-order valence-corrected chi connectivity index (χ0v) is 13.1. The topological polar surface area (TPSA) is 39.2 Å². The number of aromatic nitrogens is 1. The van der Waals surface area contributed by atoms with E-state index in [9.17, 15) is 4.79 Å². The molecule has 0 fully saturated rings. The lowest BCUT2D eigenvalue weighted by Crippen LogP contribution is -2.05. The molecule has 0 unspecified atom stereocenters. The van der Waals surface area contributed by atoms with E-state index < -0.39 is 5.97 Å². The molecular weight excluding hydrogens is 344 g/mol. The Balaban J connectivity index is 2.75. The number of pyridine rings is 1. The number of benzene rings is 1. The van der Waals surface area contributed by atoms with Gasteiger partial charge in [-0.05, 0) is 18.2 Å². The summed E-state index contributed by atoms with van der Waals surface area (Å²) < 4.78 is 4.72. The number of carbonyl (C=O) groups excluding carboxylic acids is 1. The summed E-state index contributed by atoms with van der Waals surface area (Å²) in [5.41, 5.74) is 1.05. The van der Waals surface area contributed by atoms with Crippen LogP contribution >= 0.6 is 46.4 Å². The molecule has 7 heteroatoms. The third-order valence-electron chi connectivity index (χ3n) is 2.59. The minimum absolute atomic E-state index is 0.119. The number of ether oxygens (including phenoxy) is 1. The van der Waals surface area contributed by atoms with Gasteiger partial charge in [0.15, 0.2) is 0 Å². The Morgan fingerprint density at radius 2 is 1.75 bits per heavy atom. The number of carbonyl (C=O) groups is 1. The largest absolute Gasteiger partial charge is 0.465 e. The maximum atomic E-state index is 11.8. The van der Waals surface area contributed by atoms with Crippen LogP contribution in [0.5, 0.6) is 0 Å². The molecule has 0 aliphatic heterocycles. The van der Waals surface area contributed by atoms with Crippen molar-refractivity contribution >= 4 is 52.4 Å². The average molecular weight is 351 g/mol. The van der Waals surface area contributed by atoms with Crippen molar-refractivity contribution in [3.05, 3.63) is 50.2 Å². The van der Waals surface area contributed by atoms with E-state index in [1.54, 1.807) is 0 Å². The van der Waals surface area contributed by atoms with Crippen LogP contribution in [0.1, 0.15) is 10.4 Å². The molecule has 104 valence electrons. The minimum Gasteiger partial charge on any atom is -0.465 e. The van der Waals surface area contributed by atoms with Gasteiger partial charge >= 0.3 is 5.97 Å². The lowest BCUT2D eigenvalue weighted by molar-refractivity contribution is 0.0601. The van der Waals surface area contributed by atoms with Crippen molar-refractivity contribution in [2.75, 3.05) is 7.11 Å². The molecule has 1 aromatic carbocycles. The van der Waals surface area contributed by atoms with E-state index in [-0.39, 0.29) is 10.7 Å². The quantitative estimate of drug-likeness (QED) is 0.427. The molecule has 20 heavy (non-hydrogen) atoms. The van der Waals surface area contributed by atoms with Gasteiger partial charge in [-0.2, -0.15) is 0 Å². The molecular formula is C13H7Cl4NO2. The van der Waals surface area contributed by atoms with Crippen LogP contribution in [0.25, 0.3) is 11.1 Å². The Morgan fingerprint density at radius 3 is 2.40 bits per heavy atom. The third kappa shape index (κ3) is 2.86. The molecule has 0 atom stereocenters.